The molecule has 0 aromatic heterocycles. The van der Waals surface area contributed by atoms with Gasteiger partial charge in [-0.2, -0.15) is 0 Å². The topological polar surface area (TPSA) is 55.6 Å². The van der Waals surface area contributed by atoms with Crippen molar-refractivity contribution in [1.82, 2.24) is 0 Å². The molecule has 0 saturated heterocycles. The summed E-state index contributed by atoms with van der Waals surface area (Å²) in [5.41, 5.74) is 8.05. The van der Waals surface area contributed by atoms with Crippen molar-refractivity contribution in [1.29, 1.82) is 0 Å². The third-order valence-corrected chi connectivity index (χ3v) is 3.35. The zero-order valence-electron chi connectivity index (χ0n) is 11.0. The highest BCUT2D eigenvalue weighted by Crippen LogP contribution is 2.35. The number of nitrogens with two attached hydrogens (primary N) is 1. The fourth-order valence-corrected chi connectivity index (χ4v) is 2.18. The number of rotatable bonds is 5. The Kier molecular flexibility index (Phi) is 3.75. The number of hydrogen-bond acceptors (Lipinski definition) is 4. The van der Waals surface area contributed by atoms with Gasteiger partial charge in [-0.1, -0.05) is 6.07 Å². The molecule has 2 rings (SSSR count). The van der Waals surface area contributed by atoms with E-state index in [1.54, 1.807) is 12.1 Å². The van der Waals surface area contributed by atoms with Crippen LogP contribution >= 0.6 is 0 Å². The summed E-state index contributed by atoms with van der Waals surface area (Å²) in [6, 6.07) is 5.39. The average Bonchev–Trinajstić information content (AvgIpc) is 3.19. The van der Waals surface area contributed by atoms with Crippen LogP contribution in [0.25, 0.3) is 0 Å². The van der Waals surface area contributed by atoms with E-state index in [4.69, 9.17) is 10.5 Å². The molecule has 1 saturated carbocycles. The summed E-state index contributed by atoms with van der Waals surface area (Å²) >= 11 is 0. The van der Waals surface area contributed by atoms with Crippen LogP contribution in [0.15, 0.2) is 18.2 Å². The summed E-state index contributed by atoms with van der Waals surface area (Å²) < 4.78 is 4.83. The summed E-state index contributed by atoms with van der Waals surface area (Å²) in [5.74, 6) is 0.418. The fourth-order valence-electron chi connectivity index (χ4n) is 2.18. The molecule has 1 aliphatic rings. The second kappa shape index (κ2) is 5.29. The van der Waals surface area contributed by atoms with E-state index >= 15 is 0 Å². The number of hydrogen-bond donors (Lipinski definition) is 1. The molecule has 98 valence electrons. The first-order chi connectivity index (χ1) is 8.67. The second-order valence-electron chi connectivity index (χ2n) is 4.72. The van der Waals surface area contributed by atoms with Gasteiger partial charge < -0.3 is 15.4 Å². The van der Waals surface area contributed by atoms with E-state index in [1.807, 2.05) is 6.07 Å². The molecule has 0 aliphatic heterocycles. The van der Waals surface area contributed by atoms with Gasteiger partial charge in [0.15, 0.2) is 0 Å². The van der Waals surface area contributed by atoms with Gasteiger partial charge >= 0.3 is 5.97 Å². The van der Waals surface area contributed by atoms with Crippen LogP contribution in [0.4, 0.5) is 11.4 Å². The van der Waals surface area contributed by atoms with Gasteiger partial charge in [-0.15, -0.1) is 0 Å². The van der Waals surface area contributed by atoms with Crippen molar-refractivity contribution in [3.8, 4) is 0 Å². The van der Waals surface area contributed by atoms with Crippen molar-refractivity contribution < 1.29 is 9.53 Å². The Morgan fingerprint density at radius 1 is 1.50 bits per heavy atom. The monoisotopic (exact) mass is 248 g/mol. The molecule has 0 radical (unpaired) electrons. The maximum Gasteiger partial charge on any atom is 0.340 e. The average molecular weight is 248 g/mol. The second-order valence-corrected chi connectivity index (χ2v) is 4.72. The summed E-state index contributed by atoms with van der Waals surface area (Å²) in [7, 11) is 1.40. The lowest BCUT2D eigenvalue weighted by Crippen LogP contribution is -2.28. The first-order valence-corrected chi connectivity index (χ1v) is 6.39. The number of anilines is 2. The minimum Gasteiger partial charge on any atom is -0.465 e. The Balaban J connectivity index is 2.35. The van der Waals surface area contributed by atoms with Gasteiger partial charge in [-0.3, -0.25) is 0 Å². The van der Waals surface area contributed by atoms with Gasteiger partial charge in [0.2, 0.25) is 0 Å². The summed E-state index contributed by atoms with van der Waals surface area (Å²) in [6.07, 6.45) is 2.55. The molecule has 0 bridgehead atoms. The zero-order chi connectivity index (χ0) is 13.1. The number of nitrogen functional groups attached to an aromatic ring is 1. The molecule has 18 heavy (non-hydrogen) atoms. The summed E-state index contributed by atoms with van der Waals surface area (Å²) in [4.78, 5) is 14.0. The third-order valence-electron chi connectivity index (χ3n) is 3.35. The van der Waals surface area contributed by atoms with E-state index in [0.29, 0.717) is 11.3 Å². The highest BCUT2D eigenvalue weighted by Gasteiger charge is 2.26. The van der Waals surface area contributed by atoms with Crippen molar-refractivity contribution in [3.05, 3.63) is 23.8 Å². The van der Waals surface area contributed by atoms with E-state index in [-0.39, 0.29) is 5.97 Å². The number of methoxy groups -OCH3 is 1. The number of ether oxygens (including phenoxy) is 1. The van der Waals surface area contributed by atoms with E-state index < -0.39 is 0 Å². The van der Waals surface area contributed by atoms with Gasteiger partial charge in [-0.25, -0.2) is 4.79 Å². The summed E-state index contributed by atoms with van der Waals surface area (Å²) in [5, 5.41) is 0. The van der Waals surface area contributed by atoms with E-state index in [1.165, 1.54) is 20.0 Å². The number of carbonyl (C=O) groups is 1. The van der Waals surface area contributed by atoms with Crippen LogP contribution in [0.2, 0.25) is 0 Å². The Hall–Kier alpha value is -1.71. The van der Waals surface area contributed by atoms with Crippen LogP contribution in [0.1, 0.15) is 30.1 Å². The first-order valence-electron chi connectivity index (χ1n) is 6.39. The standard InChI is InChI=1S/C14H20N2O2/c1-3-16(9-10-7-8-10)13-11(14(17)18-2)5-4-6-12(13)15/h4-6,10H,3,7-9,15H2,1-2H3. The molecule has 0 atom stereocenters. The molecule has 2 N–H and O–H groups in total. The Morgan fingerprint density at radius 2 is 2.22 bits per heavy atom. The maximum atomic E-state index is 11.8. The number of carbonyl (C=O) groups excluding carboxylic acids is 1. The molecular weight excluding hydrogens is 228 g/mol. The lowest BCUT2D eigenvalue weighted by molar-refractivity contribution is 0.0601. The predicted octanol–water partition coefficient (Wildman–Crippen LogP) is 2.29. The van der Waals surface area contributed by atoms with Crippen LogP contribution in [0.5, 0.6) is 0 Å². The molecule has 4 nitrogen and oxygen atoms in total. The van der Waals surface area contributed by atoms with Crippen molar-refractivity contribution >= 4 is 17.3 Å². The van der Waals surface area contributed by atoms with Gasteiger partial charge in [0, 0.05) is 13.1 Å². The van der Waals surface area contributed by atoms with Crippen molar-refractivity contribution in [3.63, 3.8) is 0 Å². The van der Waals surface area contributed by atoms with Gasteiger partial charge in [0.05, 0.1) is 24.0 Å². The van der Waals surface area contributed by atoms with Crippen LogP contribution in [0, 0.1) is 5.92 Å². The van der Waals surface area contributed by atoms with E-state index in [2.05, 4.69) is 11.8 Å². The normalized spacial score (nSPS) is 14.3. The molecule has 1 aliphatic carbocycles. The molecule has 0 amide bonds. The molecular formula is C14H20N2O2. The van der Waals surface area contributed by atoms with Crippen LogP contribution < -0.4 is 10.6 Å². The first kappa shape index (κ1) is 12.7. The van der Waals surface area contributed by atoms with Gasteiger partial charge in [0.1, 0.15) is 0 Å². The van der Waals surface area contributed by atoms with Crippen molar-refractivity contribution in [2.75, 3.05) is 30.8 Å². The molecule has 1 fully saturated rings. The number of nitrogens with zero attached hydrogens (tertiary/aromatic N) is 1. The zero-order valence-corrected chi connectivity index (χ0v) is 11.0. The highest BCUT2D eigenvalue weighted by atomic mass is 16.5. The van der Waals surface area contributed by atoms with Crippen molar-refractivity contribution in [2.24, 2.45) is 5.92 Å². The lowest BCUT2D eigenvalue weighted by atomic mass is 10.1. The van der Waals surface area contributed by atoms with Crippen molar-refractivity contribution in [2.45, 2.75) is 19.8 Å². The molecule has 0 heterocycles. The van der Waals surface area contributed by atoms with Crippen LogP contribution in [0.3, 0.4) is 0 Å². The fraction of sp³-hybridized carbons (Fsp3) is 0.500. The van der Waals surface area contributed by atoms with Crippen LogP contribution in [-0.4, -0.2) is 26.2 Å². The number of benzene rings is 1. The van der Waals surface area contributed by atoms with Gasteiger partial charge in [0.25, 0.3) is 0 Å². The molecule has 4 heteroatoms. The number of esters is 1. The Morgan fingerprint density at radius 3 is 2.78 bits per heavy atom. The molecule has 1 aromatic rings. The molecule has 0 unspecified atom stereocenters. The third kappa shape index (κ3) is 2.58. The minimum absolute atomic E-state index is 0.327. The Labute approximate surface area is 108 Å². The van der Waals surface area contributed by atoms with E-state index in [0.717, 1.165) is 24.7 Å². The SMILES string of the molecule is CCN(CC1CC1)c1c(N)cccc1C(=O)OC. The Bertz CT molecular complexity index is 441. The predicted molar refractivity (Wildman–Crippen MR) is 72.8 cm³/mol. The van der Waals surface area contributed by atoms with Crippen LogP contribution in [-0.2, 0) is 4.74 Å². The number of para-hydroxylation sites is 1. The molecule has 0 spiro atoms. The van der Waals surface area contributed by atoms with E-state index in [9.17, 15) is 4.79 Å². The summed E-state index contributed by atoms with van der Waals surface area (Å²) in [6.45, 7) is 3.89. The minimum atomic E-state index is -0.327. The molecule has 1 aromatic carbocycles. The lowest BCUT2D eigenvalue weighted by Gasteiger charge is -2.26. The smallest absolute Gasteiger partial charge is 0.340 e. The highest BCUT2D eigenvalue weighted by molar-refractivity contribution is 5.99. The quantitative estimate of drug-likeness (QED) is 0.641. The largest absolute Gasteiger partial charge is 0.465 e. The maximum absolute atomic E-state index is 11.8. The van der Waals surface area contributed by atoms with Gasteiger partial charge in [-0.05, 0) is 37.8 Å².